The molecule has 0 radical (unpaired) electrons. The average Bonchev–Trinajstić information content (AvgIpc) is 2.65. The van der Waals surface area contributed by atoms with Crippen LogP contribution in [0.25, 0.3) is 0 Å². The second kappa shape index (κ2) is 6.36. The molecule has 0 saturated heterocycles. The number of aliphatic hydroxyl groups is 1. The third-order valence-electron chi connectivity index (χ3n) is 2.20. The third kappa shape index (κ3) is 4.97. The minimum atomic E-state index is -1.11. The van der Waals surface area contributed by atoms with E-state index in [0.717, 1.165) is 6.42 Å². The van der Waals surface area contributed by atoms with Gasteiger partial charge in [-0.05, 0) is 12.3 Å². The average molecular weight is 242 g/mol. The molecule has 1 aromatic heterocycles. The summed E-state index contributed by atoms with van der Waals surface area (Å²) in [5, 5.41) is 24.6. The summed E-state index contributed by atoms with van der Waals surface area (Å²) in [5.74, 6) is -0.227. The maximum atomic E-state index is 10.5. The molecule has 6 heteroatoms. The molecule has 1 atom stereocenters. The van der Waals surface area contributed by atoms with Gasteiger partial charge in [-0.25, -0.2) is 4.79 Å². The smallest absolute Gasteiger partial charge is 0.358 e. The van der Waals surface area contributed by atoms with Crippen molar-refractivity contribution in [3.8, 4) is 0 Å². The Morgan fingerprint density at radius 3 is 2.82 bits per heavy atom. The number of aromatic carboxylic acids is 1. The molecule has 96 valence electrons. The molecule has 1 rings (SSSR count). The van der Waals surface area contributed by atoms with Gasteiger partial charge in [0.2, 0.25) is 0 Å². The maximum Gasteiger partial charge on any atom is 0.358 e. The van der Waals surface area contributed by atoms with E-state index in [1.165, 1.54) is 6.07 Å². The first-order valence-electron chi connectivity index (χ1n) is 5.56. The van der Waals surface area contributed by atoms with Gasteiger partial charge in [0.05, 0.1) is 12.6 Å². The molecule has 0 spiro atoms. The number of carboxylic acids is 1. The molecule has 17 heavy (non-hydrogen) atoms. The summed E-state index contributed by atoms with van der Waals surface area (Å²) in [7, 11) is 0. The summed E-state index contributed by atoms with van der Waals surface area (Å²) in [4.78, 5) is 10.5. The minimum Gasteiger partial charge on any atom is -0.476 e. The number of hydrogen-bond donors (Lipinski definition) is 3. The molecule has 1 unspecified atom stereocenters. The predicted octanol–water partition coefficient (Wildman–Crippen LogP) is 0.869. The highest BCUT2D eigenvalue weighted by Crippen LogP contribution is 2.05. The lowest BCUT2D eigenvalue weighted by Crippen LogP contribution is -2.27. The topological polar surface area (TPSA) is 95.6 Å². The van der Waals surface area contributed by atoms with Gasteiger partial charge >= 0.3 is 5.97 Å². The van der Waals surface area contributed by atoms with Gasteiger partial charge in [-0.2, -0.15) is 0 Å². The Balaban J connectivity index is 2.28. The van der Waals surface area contributed by atoms with Crippen molar-refractivity contribution in [2.24, 2.45) is 5.92 Å². The zero-order valence-corrected chi connectivity index (χ0v) is 10.0. The minimum absolute atomic E-state index is 0.107. The Bertz CT molecular complexity index is 362. The Morgan fingerprint density at radius 1 is 1.59 bits per heavy atom. The van der Waals surface area contributed by atoms with E-state index in [0.29, 0.717) is 24.8 Å². The Morgan fingerprint density at radius 2 is 2.29 bits per heavy atom. The molecular weight excluding hydrogens is 224 g/mol. The van der Waals surface area contributed by atoms with Crippen molar-refractivity contribution in [3.05, 3.63) is 17.5 Å². The van der Waals surface area contributed by atoms with Crippen molar-refractivity contribution in [2.45, 2.75) is 32.9 Å². The second-order valence-corrected chi connectivity index (χ2v) is 4.40. The van der Waals surface area contributed by atoms with E-state index in [1.807, 2.05) is 13.8 Å². The second-order valence-electron chi connectivity index (χ2n) is 4.40. The van der Waals surface area contributed by atoms with E-state index in [9.17, 15) is 9.90 Å². The number of nitrogens with one attached hydrogen (secondary N) is 1. The van der Waals surface area contributed by atoms with Crippen LogP contribution in [0.5, 0.6) is 0 Å². The van der Waals surface area contributed by atoms with Crippen LogP contribution in [0.15, 0.2) is 10.6 Å². The maximum absolute atomic E-state index is 10.5. The van der Waals surface area contributed by atoms with E-state index < -0.39 is 12.1 Å². The van der Waals surface area contributed by atoms with Gasteiger partial charge in [0.25, 0.3) is 0 Å². The van der Waals surface area contributed by atoms with Crippen LogP contribution in [0.1, 0.15) is 36.5 Å². The summed E-state index contributed by atoms with van der Waals surface area (Å²) in [6, 6.07) is 1.37. The van der Waals surface area contributed by atoms with E-state index in [-0.39, 0.29) is 5.69 Å². The van der Waals surface area contributed by atoms with Gasteiger partial charge in [0, 0.05) is 12.6 Å². The number of carbonyl (C=O) groups is 1. The number of aromatic nitrogens is 1. The molecule has 0 fully saturated rings. The zero-order chi connectivity index (χ0) is 12.8. The monoisotopic (exact) mass is 242 g/mol. The molecule has 6 nitrogen and oxygen atoms in total. The first-order chi connectivity index (χ1) is 7.99. The van der Waals surface area contributed by atoms with Gasteiger partial charge in [-0.3, -0.25) is 0 Å². The Labute approximate surface area is 99.6 Å². The van der Waals surface area contributed by atoms with Gasteiger partial charge < -0.3 is 20.1 Å². The first kappa shape index (κ1) is 13.7. The first-order valence-corrected chi connectivity index (χ1v) is 5.56. The molecule has 0 saturated carbocycles. The summed E-state index contributed by atoms with van der Waals surface area (Å²) in [5.41, 5.74) is -0.107. The number of hydrogen-bond acceptors (Lipinski definition) is 5. The molecular formula is C11H18N2O4. The standard InChI is InChI=1S/C11H18N2O4/c1-7(2)3-8(14)5-12-6-9-4-10(11(15)16)13-17-9/h4,7-8,12,14H,3,5-6H2,1-2H3,(H,15,16). The van der Waals surface area contributed by atoms with Gasteiger partial charge in [0.1, 0.15) is 0 Å². The number of nitrogens with zero attached hydrogens (tertiary/aromatic N) is 1. The highest BCUT2D eigenvalue weighted by Gasteiger charge is 2.11. The fourth-order valence-corrected chi connectivity index (χ4v) is 1.49. The largest absolute Gasteiger partial charge is 0.476 e. The summed E-state index contributed by atoms with van der Waals surface area (Å²) in [6.45, 7) is 4.88. The van der Waals surface area contributed by atoms with Gasteiger partial charge in [0.15, 0.2) is 11.5 Å². The Kier molecular flexibility index (Phi) is 5.11. The fraction of sp³-hybridized carbons (Fsp3) is 0.636. The van der Waals surface area contributed by atoms with Crippen LogP contribution >= 0.6 is 0 Å². The van der Waals surface area contributed by atoms with Crippen molar-refractivity contribution in [2.75, 3.05) is 6.54 Å². The highest BCUT2D eigenvalue weighted by molar-refractivity contribution is 5.85. The van der Waals surface area contributed by atoms with Crippen LogP contribution in [-0.4, -0.2) is 34.0 Å². The lowest BCUT2D eigenvalue weighted by atomic mass is 10.1. The SMILES string of the molecule is CC(C)CC(O)CNCc1cc(C(=O)O)no1. The van der Waals surface area contributed by atoms with E-state index >= 15 is 0 Å². The Hall–Kier alpha value is -1.40. The molecule has 0 bridgehead atoms. The van der Waals surface area contributed by atoms with E-state index in [2.05, 4.69) is 10.5 Å². The van der Waals surface area contributed by atoms with Crippen LogP contribution in [0.2, 0.25) is 0 Å². The van der Waals surface area contributed by atoms with Gasteiger partial charge in [-0.15, -0.1) is 0 Å². The predicted molar refractivity (Wildman–Crippen MR) is 60.6 cm³/mol. The summed E-state index contributed by atoms with van der Waals surface area (Å²) >= 11 is 0. The lowest BCUT2D eigenvalue weighted by Gasteiger charge is -2.12. The molecule has 3 N–H and O–H groups in total. The van der Waals surface area contributed by atoms with Crippen molar-refractivity contribution < 1.29 is 19.5 Å². The molecule has 1 aromatic rings. The van der Waals surface area contributed by atoms with E-state index in [1.54, 1.807) is 0 Å². The number of carboxylic acid groups (broad SMARTS) is 1. The molecule has 0 aliphatic carbocycles. The van der Waals surface area contributed by atoms with Gasteiger partial charge in [-0.1, -0.05) is 19.0 Å². The van der Waals surface area contributed by atoms with Crippen molar-refractivity contribution >= 4 is 5.97 Å². The highest BCUT2D eigenvalue weighted by atomic mass is 16.5. The lowest BCUT2D eigenvalue weighted by molar-refractivity contribution is 0.0685. The molecule has 0 aromatic carbocycles. The molecule has 1 heterocycles. The van der Waals surface area contributed by atoms with E-state index in [4.69, 9.17) is 9.63 Å². The number of rotatable bonds is 7. The zero-order valence-electron chi connectivity index (χ0n) is 10.0. The van der Waals surface area contributed by atoms with Crippen molar-refractivity contribution in [1.29, 1.82) is 0 Å². The fourth-order valence-electron chi connectivity index (χ4n) is 1.49. The molecule has 0 amide bonds. The molecule has 0 aliphatic rings. The summed E-state index contributed by atoms with van der Waals surface area (Å²) < 4.78 is 4.81. The quantitative estimate of drug-likeness (QED) is 0.656. The van der Waals surface area contributed by atoms with Crippen LogP contribution in [0.3, 0.4) is 0 Å². The van der Waals surface area contributed by atoms with Crippen LogP contribution in [0, 0.1) is 5.92 Å². The normalized spacial score (nSPS) is 12.9. The summed E-state index contributed by atoms with van der Waals surface area (Å²) in [6.07, 6.45) is 0.320. The van der Waals surface area contributed by atoms with Crippen molar-refractivity contribution in [3.63, 3.8) is 0 Å². The molecule has 0 aliphatic heterocycles. The third-order valence-corrected chi connectivity index (χ3v) is 2.20. The van der Waals surface area contributed by atoms with Crippen LogP contribution < -0.4 is 5.32 Å². The number of aliphatic hydroxyl groups excluding tert-OH is 1. The van der Waals surface area contributed by atoms with Crippen molar-refractivity contribution in [1.82, 2.24) is 10.5 Å². The van der Waals surface area contributed by atoms with Crippen LogP contribution in [0.4, 0.5) is 0 Å². The van der Waals surface area contributed by atoms with Crippen LogP contribution in [-0.2, 0) is 6.54 Å².